The number of aromatic nitrogens is 1. The molecule has 1 aromatic rings. The second-order valence-electron chi connectivity index (χ2n) is 4.29. The van der Waals surface area contributed by atoms with Crippen LogP contribution in [0.25, 0.3) is 0 Å². The molecule has 0 saturated carbocycles. The van der Waals surface area contributed by atoms with E-state index >= 15 is 0 Å². The van der Waals surface area contributed by atoms with E-state index in [2.05, 4.69) is 11.9 Å². The summed E-state index contributed by atoms with van der Waals surface area (Å²) in [5.74, 6) is 0.569. The highest BCUT2D eigenvalue weighted by Crippen LogP contribution is 2.38. The summed E-state index contributed by atoms with van der Waals surface area (Å²) in [6.45, 7) is 3.90. The molecule has 4 heteroatoms. The van der Waals surface area contributed by atoms with Gasteiger partial charge < -0.3 is 5.11 Å². The van der Waals surface area contributed by atoms with Gasteiger partial charge in [-0.25, -0.2) is 9.78 Å². The Balaban J connectivity index is 2.26. The number of thioether (sulfide) groups is 1. The first-order valence-corrected chi connectivity index (χ1v) is 6.45. The molecule has 1 fully saturated rings. The predicted octanol–water partition coefficient (Wildman–Crippen LogP) is 2.70. The number of carboxylic acid groups (broad SMARTS) is 1. The molecule has 2 heterocycles. The Hall–Kier alpha value is -1.03. The van der Waals surface area contributed by atoms with Crippen molar-refractivity contribution in [3.8, 4) is 0 Å². The summed E-state index contributed by atoms with van der Waals surface area (Å²) >= 11 is 1.94. The van der Waals surface area contributed by atoms with Gasteiger partial charge in [0.25, 0.3) is 0 Å². The lowest BCUT2D eigenvalue weighted by Crippen LogP contribution is -2.10. The van der Waals surface area contributed by atoms with Crippen LogP contribution in [0.3, 0.4) is 0 Å². The molecule has 1 aromatic heterocycles. The van der Waals surface area contributed by atoms with Gasteiger partial charge >= 0.3 is 5.97 Å². The van der Waals surface area contributed by atoms with Crippen LogP contribution in [0.4, 0.5) is 0 Å². The van der Waals surface area contributed by atoms with Crippen molar-refractivity contribution in [3.05, 3.63) is 29.1 Å². The minimum Gasteiger partial charge on any atom is -0.477 e. The van der Waals surface area contributed by atoms with E-state index in [1.807, 2.05) is 30.8 Å². The van der Waals surface area contributed by atoms with Crippen LogP contribution in [-0.4, -0.2) is 27.1 Å². The molecule has 0 spiro atoms. The molecule has 2 atom stereocenters. The number of carbonyl (C=O) groups is 1. The van der Waals surface area contributed by atoms with Gasteiger partial charge in [-0.15, -0.1) is 0 Å². The monoisotopic (exact) mass is 237 g/mol. The van der Waals surface area contributed by atoms with E-state index in [0.29, 0.717) is 0 Å². The number of hydrogen-bond donors (Lipinski definition) is 1. The first-order chi connectivity index (χ1) is 7.58. The molecule has 1 N–H and O–H groups in total. The molecule has 2 unspecified atom stereocenters. The maximum absolute atomic E-state index is 11.1. The molecule has 0 aromatic carbocycles. The van der Waals surface area contributed by atoms with Crippen LogP contribution in [0, 0.1) is 6.92 Å². The Morgan fingerprint density at radius 1 is 1.69 bits per heavy atom. The first kappa shape index (κ1) is 11.5. The molecule has 0 bridgehead atoms. The van der Waals surface area contributed by atoms with Crippen molar-refractivity contribution >= 4 is 17.7 Å². The molecular weight excluding hydrogens is 222 g/mol. The topological polar surface area (TPSA) is 50.2 Å². The molecule has 0 amide bonds. The Bertz CT molecular complexity index is 415. The molecule has 3 nitrogen and oxygen atoms in total. The van der Waals surface area contributed by atoms with Crippen molar-refractivity contribution in [2.24, 2.45) is 0 Å². The summed E-state index contributed by atoms with van der Waals surface area (Å²) in [5.41, 5.74) is 1.85. The minimum atomic E-state index is -0.922. The number of carboxylic acids is 1. The Morgan fingerprint density at radius 2 is 2.38 bits per heavy atom. The number of rotatable bonds is 4. The van der Waals surface area contributed by atoms with Crippen LogP contribution in [0.1, 0.15) is 41.0 Å². The van der Waals surface area contributed by atoms with E-state index in [0.717, 1.165) is 22.9 Å². The van der Waals surface area contributed by atoms with Crippen molar-refractivity contribution < 1.29 is 9.90 Å². The van der Waals surface area contributed by atoms with Gasteiger partial charge in [-0.1, -0.05) is 13.0 Å². The molecule has 0 radical (unpaired) electrons. The summed E-state index contributed by atoms with van der Waals surface area (Å²) in [7, 11) is 0. The van der Waals surface area contributed by atoms with Crippen LogP contribution in [0.15, 0.2) is 12.1 Å². The van der Waals surface area contributed by atoms with Gasteiger partial charge in [0.15, 0.2) is 5.69 Å². The summed E-state index contributed by atoms with van der Waals surface area (Å²) in [6.07, 6.45) is 1.05. The largest absolute Gasteiger partial charge is 0.477 e. The third-order valence-corrected chi connectivity index (χ3v) is 3.82. The Kier molecular flexibility index (Phi) is 3.19. The molecule has 1 aliphatic heterocycles. The minimum absolute atomic E-state index is 0.221. The fraction of sp³-hybridized carbons (Fsp3) is 0.500. The van der Waals surface area contributed by atoms with Crippen molar-refractivity contribution in [3.63, 3.8) is 0 Å². The quantitative estimate of drug-likeness (QED) is 0.818. The van der Waals surface area contributed by atoms with E-state index in [1.165, 1.54) is 5.75 Å². The molecular formula is C12H15NO2S. The molecule has 1 saturated heterocycles. The van der Waals surface area contributed by atoms with Crippen molar-refractivity contribution in [1.29, 1.82) is 0 Å². The molecule has 86 valence electrons. The van der Waals surface area contributed by atoms with Gasteiger partial charge in [-0.05, 0) is 30.9 Å². The average Bonchev–Trinajstić information content (AvgIpc) is 3.01. The van der Waals surface area contributed by atoms with Gasteiger partial charge in [0.2, 0.25) is 0 Å². The van der Waals surface area contributed by atoms with E-state index in [4.69, 9.17) is 5.11 Å². The number of pyridine rings is 1. The zero-order valence-corrected chi connectivity index (χ0v) is 10.3. The summed E-state index contributed by atoms with van der Waals surface area (Å²) in [6, 6.07) is 3.79. The highest BCUT2D eigenvalue weighted by molar-refractivity contribution is 8.06. The van der Waals surface area contributed by atoms with Crippen LogP contribution in [0.2, 0.25) is 0 Å². The maximum Gasteiger partial charge on any atom is 0.354 e. The smallest absolute Gasteiger partial charge is 0.354 e. The van der Waals surface area contributed by atoms with E-state index in [9.17, 15) is 4.79 Å². The van der Waals surface area contributed by atoms with Crippen LogP contribution in [0.5, 0.6) is 0 Å². The number of aromatic carboxylic acids is 1. The number of nitrogens with zero attached hydrogens (tertiary/aromatic N) is 1. The lowest BCUT2D eigenvalue weighted by Gasteiger charge is -2.13. The number of aryl methyl sites for hydroxylation is 1. The van der Waals surface area contributed by atoms with Crippen molar-refractivity contribution in [2.75, 3.05) is 5.75 Å². The van der Waals surface area contributed by atoms with Gasteiger partial charge in [0, 0.05) is 16.7 Å². The SMILES string of the molecule is Cc1ccc(C(C)CC2CS2)c(C(=O)O)n1. The second-order valence-corrected chi connectivity index (χ2v) is 5.62. The summed E-state index contributed by atoms with van der Waals surface area (Å²) in [5, 5.41) is 9.84. The highest BCUT2D eigenvalue weighted by atomic mass is 32.2. The van der Waals surface area contributed by atoms with Crippen molar-refractivity contribution in [2.45, 2.75) is 31.4 Å². The van der Waals surface area contributed by atoms with Crippen LogP contribution < -0.4 is 0 Å². The van der Waals surface area contributed by atoms with Gasteiger partial charge in [0.1, 0.15) is 0 Å². The van der Waals surface area contributed by atoms with Crippen molar-refractivity contribution in [1.82, 2.24) is 4.98 Å². The fourth-order valence-corrected chi connectivity index (χ4v) is 2.56. The molecule has 16 heavy (non-hydrogen) atoms. The van der Waals surface area contributed by atoms with E-state index in [1.54, 1.807) is 0 Å². The van der Waals surface area contributed by atoms with Gasteiger partial charge in [0.05, 0.1) is 0 Å². The zero-order valence-electron chi connectivity index (χ0n) is 9.43. The second kappa shape index (κ2) is 4.45. The van der Waals surface area contributed by atoms with E-state index in [-0.39, 0.29) is 11.6 Å². The first-order valence-electron chi connectivity index (χ1n) is 5.40. The normalized spacial score (nSPS) is 20.5. The zero-order chi connectivity index (χ0) is 11.7. The lowest BCUT2D eigenvalue weighted by molar-refractivity contribution is 0.0688. The lowest BCUT2D eigenvalue weighted by atomic mass is 9.95. The standard InChI is InChI=1S/C12H15NO2S/c1-7(5-9-6-16-9)10-4-3-8(2)13-11(10)12(14)15/h3-4,7,9H,5-6H2,1-2H3,(H,14,15). The van der Waals surface area contributed by atoms with Crippen LogP contribution >= 0.6 is 11.8 Å². The summed E-state index contributed by atoms with van der Waals surface area (Å²) < 4.78 is 0. The highest BCUT2D eigenvalue weighted by Gasteiger charge is 2.27. The van der Waals surface area contributed by atoms with Gasteiger partial charge in [-0.2, -0.15) is 11.8 Å². The fourth-order valence-electron chi connectivity index (χ4n) is 1.86. The summed E-state index contributed by atoms with van der Waals surface area (Å²) in [4.78, 5) is 15.2. The predicted molar refractivity (Wildman–Crippen MR) is 65.2 cm³/mol. The van der Waals surface area contributed by atoms with E-state index < -0.39 is 5.97 Å². The number of hydrogen-bond acceptors (Lipinski definition) is 3. The molecule has 1 aliphatic rings. The Morgan fingerprint density at radius 3 is 2.94 bits per heavy atom. The molecule has 2 rings (SSSR count). The maximum atomic E-state index is 11.1. The third kappa shape index (κ3) is 2.55. The average molecular weight is 237 g/mol. The van der Waals surface area contributed by atoms with Crippen LogP contribution in [-0.2, 0) is 0 Å². The Labute approximate surface area is 99.3 Å². The molecule has 0 aliphatic carbocycles. The third-order valence-electron chi connectivity index (χ3n) is 2.82. The van der Waals surface area contributed by atoms with Gasteiger partial charge in [-0.3, -0.25) is 0 Å².